The van der Waals surface area contributed by atoms with Gasteiger partial charge in [0.25, 0.3) is 0 Å². The number of anilines is 1. The van der Waals surface area contributed by atoms with E-state index in [9.17, 15) is 4.79 Å². The smallest absolute Gasteiger partial charge is 0.228 e. The molecule has 12 heteroatoms. The van der Waals surface area contributed by atoms with E-state index >= 15 is 0 Å². The maximum Gasteiger partial charge on any atom is 0.228 e. The monoisotopic (exact) mass is 376 g/mol. The van der Waals surface area contributed by atoms with Gasteiger partial charge in [0, 0.05) is 24.2 Å². The number of halogens is 1. The van der Waals surface area contributed by atoms with Gasteiger partial charge in [-0.1, -0.05) is 22.9 Å². The summed E-state index contributed by atoms with van der Waals surface area (Å²) in [5, 5.41) is 10.1. The highest BCUT2D eigenvalue weighted by atomic mass is 35.5. The van der Waals surface area contributed by atoms with E-state index in [0.29, 0.717) is 16.9 Å². The van der Waals surface area contributed by atoms with Crippen LogP contribution in [0.1, 0.15) is 5.56 Å². The molecule has 0 saturated heterocycles. The second-order valence-electron chi connectivity index (χ2n) is 7.33. The quantitative estimate of drug-likeness (QED) is 0.411. The lowest BCUT2D eigenvalue weighted by atomic mass is 9.28. The van der Waals surface area contributed by atoms with Crippen LogP contribution in [-0.2, 0) is 10.0 Å². The minimum absolute atomic E-state index is 0.181. The Hall–Kier alpha value is -2.54. The van der Waals surface area contributed by atoms with Gasteiger partial charge in [0.1, 0.15) is 36.5 Å². The molecule has 0 radical (unpaired) electrons. The minimum Gasteiger partial charge on any atom is -0.307 e. The van der Waals surface area contributed by atoms with Crippen molar-refractivity contribution in [3.8, 4) is 11.4 Å². The topological polar surface area (TPSA) is 96.5 Å². The van der Waals surface area contributed by atoms with E-state index in [1.54, 1.807) is 24.7 Å². The molecule has 3 rings (SSSR count). The summed E-state index contributed by atoms with van der Waals surface area (Å²) in [4.78, 5) is 24.1. The molecule has 0 bridgehead atoms. The van der Waals surface area contributed by atoms with Crippen molar-refractivity contribution in [3.63, 3.8) is 0 Å². The van der Waals surface area contributed by atoms with Gasteiger partial charge in [0.15, 0.2) is 5.82 Å². The SMILES string of the molecule is BC(B)(C(=O)Nc1nnc(-c2ccncc2)[nH]1)C(B)(B)c1ccc(Cl)nc1. The van der Waals surface area contributed by atoms with Crippen molar-refractivity contribution in [1.29, 1.82) is 0 Å². The molecule has 0 saturated carbocycles. The van der Waals surface area contributed by atoms with Gasteiger partial charge in [-0.25, -0.2) is 4.98 Å². The van der Waals surface area contributed by atoms with Gasteiger partial charge in [-0.05, 0) is 29.0 Å². The van der Waals surface area contributed by atoms with E-state index in [2.05, 4.69) is 30.5 Å². The Morgan fingerprint density at radius 3 is 2.41 bits per heavy atom. The third-order valence-electron chi connectivity index (χ3n) is 5.25. The Morgan fingerprint density at radius 1 is 1.07 bits per heavy atom. The van der Waals surface area contributed by atoms with Crippen LogP contribution in [0.2, 0.25) is 10.4 Å². The molecule has 0 unspecified atom stereocenters. The fourth-order valence-corrected chi connectivity index (χ4v) is 2.72. The second kappa shape index (κ2) is 7.23. The number of nitrogens with zero attached hydrogens (tertiary/aromatic N) is 4. The van der Waals surface area contributed by atoms with Crippen molar-refractivity contribution in [2.45, 2.75) is 10.4 Å². The summed E-state index contributed by atoms with van der Waals surface area (Å²) in [6.07, 6.45) is 5.04. The van der Waals surface area contributed by atoms with Crippen LogP contribution < -0.4 is 5.32 Å². The lowest BCUT2D eigenvalue weighted by Crippen LogP contribution is -2.50. The van der Waals surface area contributed by atoms with Crippen LogP contribution >= 0.6 is 11.6 Å². The standard InChI is InChI=1S/C15H17B4ClN6O/c16-14(17,9-1-2-10(20)22-7-9)15(18,19)12(27)24-13-23-11(25-26-13)8-3-5-21-6-4-8/h1-7H,16-19H2,(H2,23,24,25,26,27). The summed E-state index contributed by atoms with van der Waals surface area (Å²) < 4.78 is 0. The third-order valence-corrected chi connectivity index (χ3v) is 5.48. The van der Waals surface area contributed by atoms with Gasteiger partial charge in [-0.2, -0.15) is 0 Å². The van der Waals surface area contributed by atoms with E-state index in [0.717, 1.165) is 11.1 Å². The number of rotatable bonds is 5. The van der Waals surface area contributed by atoms with E-state index < -0.39 is 10.4 Å². The van der Waals surface area contributed by atoms with Crippen LogP contribution in [0.15, 0.2) is 42.9 Å². The van der Waals surface area contributed by atoms with Crippen molar-refractivity contribution < 1.29 is 4.79 Å². The molecular formula is C15H17B4ClN6O. The number of hydrogen-bond acceptors (Lipinski definition) is 5. The summed E-state index contributed by atoms with van der Waals surface area (Å²) in [7, 11) is 7.77. The van der Waals surface area contributed by atoms with Crippen LogP contribution in [0.3, 0.4) is 0 Å². The highest BCUT2D eigenvalue weighted by molar-refractivity contribution is 6.62. The Morgan fingerprint density at radius 2 is 1.78 bits per heavy atom. The summed E-state index contributed by atoms with van der Waals surface area (Å²) in [6.45, 7) is 0. The molecule has 0 fully saturated rings. The number of pyridine rings is 2. The molecule has 0 atom stereocenters. The highest BCUT2D eigenvalue weighted by Crippen LogP contribution is 2.38. The molecule has 0 aliphatic rings. The van der Waals surface area contributed by atoms with Crippen LogP contribution in [0.4, 0.5) is 5.95 Å². The van der Waals surface area contributed by atoms with E-state index in [1.165, 1.54) is 0 Å². The van der Waals surface area contributed by atoms with Gasteiger partial charge < -0.3 is 4.98 Å². The van der Waals surface area contributed by atoms with E-state index in [4.69, 9.17) is 11.6 Å². The van der Waals surface area contributed by atoms with Crippen molar-refractivity contribution in [2.75, 3.05) is 5.32 Å². The highest BCUT2D eigenvalue weighted by Gasteiger charge is 2.44. The first-order valence-corrected chi connectivity index (χ1v) is 8.86. The number of H-pyrrole nitrogens is 1. The molecule has 1 amide bonds. The lowest BCUT2D eigenvalue weighted by molar-refractivity contribution is -0.117. The van der Waals surface area contributed by atoms with E-state index in [-0.39, 0.29) is 5.91 Å². The van der Waals surface area contributed by atoms with Crippen molar-refractivity contribution in [3.05, 3.63) is 53.6 Å². The number of hydrogen-bond donors (Lipinski definition) is 2. The molecule has 7 nitrogen and oxygen atoms in total. The largest absolute Gasteiger partial charge is 0.307 e. The van der Waals surface area contributed by atoms with Gasteiger partial charge >= 0.3 is 0 Å². The fraction of sp³-hybridized carbons (Fsp3) is 0.133. The zero-order valence-electron chi connectivity index (χ0n) is 15.6. The number of amides is 1. The molecule has 27 heavy (non-hydrogen) atoms. The Balaban J connectivity index is 1.80. The van der Waals surface area contributed by atoms with Crippen LogP contribution in [-0.4, -0.2) is 62.4 Å². The maximum absolute atomic E-state index is 13.0. The maximum atomic E-state index is 13.0. The van der Waals surface area contributed by atoms with Crippen LogP contribution in [0.5, 0.6) is 0 Å². The number of carbonyl (C=O) groups excluding carboxylic acids is 1. The minimum atomic E-state index is -0.758. The second-order valence-corrected chi connectivity index (χ2v) is 7.72. The average Bonchev–Trinajstić information content (AvgIpc) is 3.11. The molecule has 3 heterocycles. The molecule has 3 aromatic heterocycles. The van der Waals surface area contributed by atoms with Gasteiger partial charge in [-0.3, -0.25) is 15.1 Å². The Bertz CT molecular complexity index is 948. The first-order chi connectivity index (χ1) is 12.7. The first-order valence-electron chi connectivity index (χ1n) is 8.48. The normalized spacial score (nSPS) is 11.9. The van der Waals surface area contributed by atoms with Gasteiger partial charge in [-0.15, -0.1) is 10.2 Å². The number of nitrogens with one attached hydrogen (secondary N) is 2. The molecule has 0 aliphatic carbocycles. The zero-order chi connectivity index (χ0) is 19.7. The first kappa shape index (κ1) is 19.2. The van der Waals surface area contributed by atoms with Crippen molar-refractivity contribution in [2.24, 2.45) is 0 Å². The van der Waals surface area contributed by atoms with Crippen molar-refractivity contribution >= 4 is 54.8 Å². The van der Waals surface area contributed by atoms with E-state index in [1.807, 2.05) is 49.6 Å². The number of carbonyl (C=O) groups is 1. The fourth-order valence-electron chi connectivity index (χ4n) is 2.61. The lowest BCUT2D eigenvalue weighted by Gasteiger charge is -2.41. The van der Waals surface area contributed by atoms with Gasteiger partial charge in [0.05, 0.1) is 0 Å². The summed E-state index contributed by atoms with van der Waals surface area (Å²) in [5.74, 6) is 0.677. The molecule has 0 aliphatic heterocycles. The van der Waals surface area contributed by atoms with Crippen molar-refractivity contribution in [1.82, 2.24) is 25.1 Å². The predicted molar refractivity (Wildman–Crippen MR) is 116 cm³/mol. The Kier molecular flexibility index (Phi) is 5.15. The molecule has 0 spiro atoms. The zero-order valence-corrected chi connectivity index (χ0v) is 16.4. The summed E-state index contributed by atoms with van der Waals surface area (Å²) >= 11 is 5.89. The Labute approximate surface area is 165 Å². The van der Waals surface area contributed by atoms with Gasteiger partial charge in [0.2, 0.25) is 11.9 Å². The molecule has 3 aromatic rings. The molecule has 0 aromatic carbocycles. The average molecular weight is 376 g/mol. The molecule has 2 N–H and O–H groups in total. The van der Waals surface area contributed by atoms with Crippen LogP contribution in [0.25, 0.3) is 11.4 Å². The predicted octanol–water partition coefficient (Wildman–Crippen LogP) is -1.64. The summed E-state index contributed by atoms with van der Waals surface area (Å²) in [6, 6.07) is 7.24. The third kappa shape index (κ3) is 3.78. The number of aromatic nitrogens is 5. The number of aromatic amines is 1. The van der Waals surface area contributed by atoms with Crippen LogP contribution in [0, 0.1) is 0 Å². The molecular weight excluding hydrogens is 359 g/mol. The molecule has 132 valence electrons. The summed E-state index contributed by atoms with van der Waals surface area (Å²) in [5.41, 5.74) is 1.76.